The highest BCUT2D eigenvalue weighted by atomic mass is 35.5. The molecule has 3 heteroatoms. The Balaban J connectivity index is 2.53. The van der Waals surface area contributed by atoms with Crippen LogP contribution in [0.4, 0.5) is 0 Å². The molecule has 100 valence electrons. The van der Waals surface area contributed by atoms with Gasteiger partial charge in [0.2, 0.25) is 0 Å². The maximum absolute atomic E-state index is 6.35. The highest BCUT2D eigenvalue weighted by molar-refractivity contribution is 6.31. The molecule has 0 aromatic heterocycles. The van der Waals surface area contributed by atoms with Crippen LogP contribution in [-0.2, 0) is 0 Å². The van der Waals surface area contributed by atoms with Crippen molar-refractivity contribution in [3.63, 3.8) is 0 Å². The minimum atomic E-state index is -0.289. The highest BCUT2D eigenvalue weighted by Crippen LogP contribution is 2.34. The van der Waals surface area contributed by atoms with E-state index in [2.05, 4.69) is 13.0 Å². The number of benzene rings is 2. The van der Waals surface area contributed by atoms with Crippen molar-refractivity contribution < 1.29 is 4.74 Å². The molecule has 0 saturated carbocycles. The van der Waals surface area contributed by atoms with Gasteiger partial charge in [0, 0.05) is 10.6 Å². The summed E-state index contributed by atoms with van der Waals surface area (Å²) in [6, 6.07) is 11.4. The molecule has 19 heavy (non-hydrogen) atoms. The summed E-state index contributed by atoms with van der Waals surface area (Å²) in [4.78, 5) is 0. The molecule has 1 atom stereocenters. The minimum absolute atomic E-state index is 0.289. The van der Waals surface area contributed by atoms with Crippen molar-refractivity contribution in [1.82, 2.24) is 0 Å². The number of hydrogen-bond donors (Lipinski definition) is 1. The van der Waals surface area contributed by atoms with Crippen LogP contribution in [0.5, 0.6) is 5.75 Å². The van der Waals surface area contributed by atoms with Crippen molar-refractivity contribution in [2.75, 3.05) is 7.11 Å². The van der Waals surface area contributed by atoms with E-state index in [4.69, 9.17) is 22.1 Å². The van der Waals surface area contributed by atoms with Crippen LogP contribution in [0.3, 0.4) is 0 Å². The number of halogens is 1. The van der Waals surface area contributed by atoms with Gasteiger partial charge >= 0.3 is 0 Å². The van der Waals surface area contributed by atoms with Crippen LogP contribution in [0.25, 0.3) is 0 Å². The number of aryl methyl sites for hydroxylation is 1. The normalized spacial score (nSPS) is 12.3. The van der Waals surface area contributed by atoms with Crippen LogP contribution in [-0.4, -0.2) is 7.11 Å². The summed E-state index contributed by atoms with van der Waals surface area (Å²) in [5, 5.41) is 0.676. The Morgan fingerprint density at radius 3 is 2.37 bits per heavy atom. The summed E-state index contributed by atoms with van der Waals surface area (Å²) in [5.74, 6) is 0.840. The van der Waals surface area contributed by atoms with Crippen LogP contribution >= 0.6 is 11.6 Å². The fourth-order valence-electron chi connectivity index (χ4n) is 2.22. The Bertz CT molecular complexity index is 595. The number of ether oxygens (including phenoxy) is 1. The van der Waals surface area contributed by atoms with E-state index < -0.39 is 0 Å². The van der Waals surface area contributed by atoms with Crippen molar-refractivity contribution in [3.8, 4) is 5.75 Å². The van der Waals surface area contributed by atoms with Gasteiger partial charge in [0.25, 0.3) is 0 Å². The monoisotopic (exact) mass is 275 g/mol. The van der Waals surface area contributed by atoms with E-state index in [1.165, 1.54) is 5.56 Å². The molecule has 0 aliphatic heterocycles. The van der Waals surface area contributed by atoms with Crippen LogP contribution in [0, 0.1) is 13.8 Å². The van der Waals surface area contributed by atoms with E-state index in [1.54, 1.807) is 7.11 Å². The van der Waals surface area contributed by atoms with Gasteiger partial charge in [0.1, 0.15) is 5.75 Å². The molecule has 2 aromatic carbocycles. The largest absolute Gasteiger partial charge is 0.496 e. The fourth-order valence-corrected chi connectivity index (χ4v) is 2.48. The van der Waals surface area contributed by atoms with Gasteiger partial charge < -0.3 is 10.5 Å². The molecule has 0 spiro atoms. The Labute approximate surface area is 119 Å². The lowest BCUT2D eigenvalue weighted by molar-refractivity contribution is 0.404. The first-order valence-corrected chi connectivity index (χ1v) is 6.58. The molecule has 2 rings (SSSR count). The van der Waals surface area contributed by atoms with Gasteiger partial charge in [-0.1, -0.05) is 41.9 Å². The van der Waals surface area contributed by atoms with Gasteiger partial charge in [-0.05, 0) is 36.6 Å². The third kappa shape index (κ3) is 2.60. The topological polar surface area (TPSA) is 35.2 Å². The summed E-state index contributed by atoms with van der Waals surface area (Å²) in [6.45, 7) is 4.10. The SMILES string of the molecule is COc1c(C(N)c2ccccc2Cl)ccc(C)c1C. The predicted octanol–water partition coefficient (Wildman–Crippen LogP) is 4.01. The molecule has 0 amide bonds. The standard InChI is InChI=1S/C16H18ClNO/c1-10-8-9-13(16(19-3)11(10)2)15(18)12-6-4-5-7-14(12)17/h4-9,15H,18H2,1-3H3. The molecule has 0 radical (unpaired) electrons. The molecule has 2 N–H and O–H groups in total. The zero-order chi connectivity index (χ0) is 14.0. The molecular weight excluding hydrogens is 258 g/mol. The summed E-state index contributed by atoms with van der Waals surface area (Å²) in [7, 11) is 1.67. The van der Waals surface area contributed by atoms with Gasteiger partial charge in [0.15, 0.2) is 0 Å². The second-order valence-corrected chi connectivity index (χ2v) is 5.04. The molecule has 0 bridgehead atoms. The van der Waals surface area contributed by atoms with E-state index in [9.17, 15) is 0 Å². The minimum Gasteiger partial charge on any atom is -0.496 e. The van der Waals surface area contributed by atoms with Gasteiger partial charge in [-0.2, -0.15) is 0 Å². The van der Waals surface area contributed by atoms with E-state index >= 15 is 0 Å². The van der Waals surface area contributed by atoms with Crippen LogP contribution in [0.15, 0.2) is 36.4 Å². The van der Waals surface area contributed by atoms with Crippen LogP contribution < -0.4 is 10.5 Å². The van der Waals surface area contributed by atoms with E-state index in [-0.39, 0.29) is 6.04 Å². The van der Waals surface area contributed by atoms with Crippen LogP contribution in [0.1, 0.15) is 28.3 Å². The summed E-state index contributed by atoms with van der Waals surface area (Å²) in [6.07, 6.45) is 0. The first kappa shape index (κ1) is 13.9. The zero-order valence-corrected chi connectivity index (χ0v) is 12.2. The zero-order valence-electron chi connectivity index (χ0n) is 11.4. The highest BCUT2D eigenvalue weighted by Gasteiger charge is 2.18. The number of hydrogen-bond acceptors (Lipinski definition) is 2. The van der Waals surface area contributed by atoms with Gasteiger partial charge in [-0.3, -0.25) is 0 Å². The van der Waals surface area contributed by atoms with Gasteiger partial charge in [-0.15, -0.1) is 0 Å². The molecular formula is C16H18ClNO. The molecule has 0 aliphatic rings. The summed E-state index contributed by atoms with van der Waals surface area (Å²) in [5.41, 5.74) is 10.5. The maximum Gasteiger partial charge on any atom is 0.127 e. The molecule has 0 fully saturated rings. The predicted molar refractivity (Wildman–Crippen MR) is 80.0 cm³/mol. The molecule has 0 aliphatic carbocycles. The lowest BCUT2D eigenvalue weighted by atomic mass is 9.95. The third-order valence-electron chi connectivity index (χ3n) is 3.49. The Morgan fingerprint density at radius 2 is 1.74 bits per heavy atom. The average Bonchev–Trinajstić information content (AvgIpc) is 2.41. The van der Waals surface area contributed by atoms with E-state index in [0.717, 1.165) is 22.4 Å². The molecule has 2 aromatic rings. The van der Waals surface area contributed by atoms with E-state index in [1.807, 2.05) is 37.3 Å². The van der Waals surface area contributed by atoms with Crippen molar-refractivity contribution >= 4 is 11.6 Å². The first-order chi connectivity index (χ1) is 9.06. The Kier molecular flexibility index (Phi) is 4.13. The number of rotatable bonds is 3. The van der Waals surface area contributed by atoms with Crippen molar-refractivity contribution in [2.24, 2.45) is 5.73 Å². The van der Waals surface area contributed by atoms with E-state index in [0.29, 0.717) is 5.02 Å². The Hall–Kier alpha value is -1.51. The summed E-state index contributed by atoms with van der Waals surface area (Å²) >= 11 is 6.21. The Morgan fingerprint density at radius 1 is 1.05 bits per heavy atom. The second kappa shape index (κ2) is 5.64. The maximum atomic E-state index is 6.35. The molecule has 0 heterocycles. The first-order valence-electron chi connectivity index (χ1n) is 6.20. The molecule has 1 unspecified atom stereocenters. The van der Waals surface area contributed by atoms with Crippen molar-refractivity contribution in [3.05, 3.63) is 63.7 Å². The van der Waals surface area contributed by atoms with Crippen molar-refractivity contribution in [2.45, 2.75) is 19.9 Å². The number of nitrogens with two attached hydrogens (primary N) is 1. The van der Waals surface area contributed by atoms with Crippen LogP contribution in [0.2, 0.25) is 5.02 Å². The van der Waals surface area contributed by atoms with Crippen molar-refractivity contribution in [1.29, 1.82) is 0 Å². The lowest BCUT2D eigenvalue weighted by Gasteiger charge is -2.19. The van der Waals surface area contributed by atoms with Gasteiger partial charge in [-0.25, -0.2) is 0 Å². The van der Waals surface area contributed by atoms with Gasteiger partial charge in [0.05, 0.1) is 13.2 Å². The quantitative estimate of drug-likeness (QED) is 0.918. The molecule has 2 nitrogen and oxygen atoms in total. The fraction of sp³-hybridized carbons (Fsp3) is 0.250. The lowest BCUT2D eigenvalue weighted by Crippen LogP contribution is -2.14. The third-order valence-corrected chi connectivity index (χ3v) is 3.83. The average molecular weight is 276 g/mol. The summed E-state index contributed by atoms with van der Waals surface area (Å²) < 4.78 is 5.52. The molecule has 0 saturated heterocycles. The number of methoxy groups -OCH3 is 1. The smallest absolute Gasteiger partial charge is 0.127 e. The second-order valence-electron chi connectivity index (χ2n) is 4.63.